The van der Waals surface area contributed by atoms with E-state index in [1.54, 1.807) is 20.3 Å². The highest BCUT2D eigenvalue weighted by molar-refractivity contribution is 6.06. The van der Waals surface area contributed by atoms with Crippen molar-refractivity contribution in [2.24, 2.45) is 5.41 Å². The highest BCUT2D eigenvalue weighted by atomic mass is 19.1. The first-order valence-corrected chi connectivity index (χ1v) is 12.0. The van der Waals surface area contributed by atoms with Crippen LogP contribution in [0, 0.1) is 18.2 Å². The Hall–Kier alpha value is -2.93. The molecule has 1 heterocycles. The van der Waals surface area contributed by atoms with Gasteiger partial charge < -0.3 is 19.8 Å². The quantitative estimate of drug-likeness (QED) is 0.385. The molecule has 1 aromatic heterocycles. The molecule has 0 bridgehead atoms. The molecule has 1 aliphatic rings. The predicted molar refractivity (Wildman–Crippen MR) is 137 cm³/mol. The Bertz CT molecular complexity index is 1100. The van der Waals surface area contributed by atoms with Crippen LogP contribution < -0.4 is 10.6 Å². The van der Waals surface area contributed by atoms with Gasteiger partial charge in [-0.2, -0.15) is 0 Å². The molecule has 0 saturated heterocycles. The molecular formula is C28H39FN2O4. The maximum Gasteiger partial charge on any atom is 0.186 e. The van der Waals surface area contributed by atoms with Crippen molar-refractivity contribution in [2.75, 3.05) is 19.5 Å². The van der Waals surface area contributed by atoms with Gasteiger partial charge in [-0.25, -0.2) is 4.39 Å². The van der Waals surface area contributed by atoms with E-state index >= 15 is 0 Å². The van der Waals surface area contributed by atoms with Crippen molar-refractivity contribution in [3.05, 3.63) is 64.1 Å². The van der Waals surface area contributed by atoms with Crippen LogP contribution in [-0.2, 0) is 9.53 Å². The van der Waals surface area contributed by atoms with Crippen LogP contribution in [0.5, 0.6) is 0 Å². The van der Waals surface area contributed by atoms with Crippen molar-refractivity contribution in [3.8, 4) is 0 Å². The van der Waals surface area contributed by atoms with Crippen molar-refractivity contribution < 1.29 is 23.1 Å². The molecule has 2 aromatic rings. The number of aryl methyl sites for hydroxylation is 1. The smallest absolute Gasteiger partial charge is 0.186 e. The number of furan rings is 1. The van der Waals surface area contributed by atoms with E-state index in [-0.39, 0.29) is 41.0 Å². The zero-order valence-corrected chi connectivity index (χ0v) is 22.4. The normalized spacial score (nSPS) is 14.3. The number of allylic oxidation sites excluding steroid dienone is 2. The molecule has 192 valence electrons. The molecule has 0 unspecified atom stereocenters. The van der Waals surface area contributed by atoms with E-state index in [9.17, 15) is 14.0 Å². The van der Waals surface area contributed by atoms with E-state index in [1.807, 2.05) is 32.9 Å². The molecule has 0 fully saturated rings. The van der Waals surface area contributed by atoms with Crippen LogP contribution in [0.2, 0.25) is 0 Å². The first-order chi connectivity index (χ1) is 16.4. The number of ketones is 2. The van der Waals surface area contributed by atoms with Gasteiger partial charge in [0.15, 0.2) is 11.6 Å². The summed E-state index contributed by atoms with van der Waals surface area (Å²) >= 11 is 0. The van der Waals surface area contributed by atoms with Gasteiger partial charge in [0, 0.05) is 19.8 Å². The lowest BCUT2D eigenvalue weighted by atomic mass is 9.79. The second-order valence-corrected chi connectivity index (χ2v) is 9.95. The Morgan fingerprint density at radius 2 is 1.83 bits per heavy atom. The average Bonchev–Trinajstić information content (AvgIpc) is 3.20. The van der Waals surface area contributed by atoms with Gasteiger partial charge in [0.1, 0.15) is 17.3 Å². The summed E-state index contributed by atoms with van der Waals surface area (Å²) < 4.78 is 24.9. The second-order valence-electron chi connectivity index (χ2n) is 9.95. The fourth-order valence-electron chi connectivity index (χ4n) is 4.01. The number of carbonyl (C=O) groups is 2. The number of hydrogen-bond acceptors (Lipinski definition) is 6. The Morgan fingerprint density at radius 3 is 2.29 bits per heavy atom. The third-order valence-electron chi connectivity index (χ3n) is 6.38. The van der Waals surface area contributed by atoms with E-state index in [0.29, 0.717) is 17.0 Å². The van der Waals surface area contributed by atoms with Crippen LogP contribution in [0.1, 0.15) is 93.8 Å². The molecule has 0 spiro atoms. The lowest BCUT2D eigenvalue weighted by Gasteiger charge is -2.36. The number of methoxy groups -OCH3 is 1. The first-order valence-electron chi connectivity index (χ1n) is 12.0. The van der Waals surface area contributed by atoms with Crippen molar-refractivity contribution >= 4 is 17.3 Å². The SMILES string of the molecule is CCC(C)(C)[C@@H](NC1=C(Nc2c(F)ccc(C(C)C)c2C(C)=O)CC1=O)c1ccc(C)o1.COC. The monoisotopic (exact) mass is 486 g/mol. The van der Waals surface area contributed by atoms with Crippen LogP contribution >= 0.6 is 0 Å². The van der Waals surface area contributed by atoms with Crippen molar-refractivity contribution in [2.45, 2.75) is 73.3 Å². The van der Waals surface area contributed by atoms with E-state index in [4.69, 9.17) is 4.42 Å². The van der Waals surface area contributed by atoms with Gasteiger partial charge in [0.25, 0.3) is 0 Å². The summed E-state index contributed by atoms with van der Waals surface area (Å²) in [4.78, 5) is 24.9. The third-order valence-corrected chi connectivity index (χ3v) is 6.38. The zero-order valence-electron chi connectivity index (χ0n) is 22.4. The van der Waals surface area contributed by atoms with Crippen LogP contribution in [0.25, 0.3) is 0 Å². The highest BCUT2D eigenvalue weighted by Crippen LogP contribution is 2.40. The lowest BCUT2D eigenvalue weighted by Crippen LogP contribution is -2.40. The predicted octanol–water partition coefficient (Wildman–Crippen LogP) is 6.68. The average molecular weight is 487 g/mol. The van der Waals surface area contributed by atoms with Gasteiger partial charge in [-0.3, -0.25) is 9.59 Å². The summed E-state index contributed by atoms with van der Waals surface area (Å²) in [6.07, 6.45) is 1.01. The topological polar surface area (TPSA) is 80.6 Å². The minimum Gasteiger partial charge on any atom is -0.464 e. The molecular weight excluding hydrogens is 447 g/mol. The molecule has 0 amide bonds. The van der Waals surface area contributed by atoms with Gasteiger partial charge >= 0.3 is 0 Å². The number of carbonyl (C=O) groups excluding carboxylic acids is 2. The van der Waals surface area contributed by atoms with E-state index in [1.165, 1.54) is 13.0 Å². The summed E-state index contributed by atoms with van der Waals surface area (Å²) in [5.74, 6) is 0.812. The van der Waals surface area contributed by atoms with Gasteiger partial charge in [0.05, 0.1) is 29.5 Å². The number of halogens is 1. The number of anilines is 1. The molecule has 35 heavy (non-hydrogen) atoms. The molecule has 7 heteroatoms. The molecule has 2 N–H and O–H groups in total. The molecule has 0 radical (unpaired) electrons. The molecule has 1 aliphatic carbocycles. The number of benzene rings is 1. The maximum absolute atomic E-state index is 14.8. The number of nitrogens with one attached hydrogen (secondary N) is 2. The molecule has 6 nitrogen and oxygen atoms in total. The molecule has 1 aromatic carbocycles. The van der Waals surface area contributed by atoms with Crippen LogP contribution in [0.3, 0.4) is 0 Å². The van der Waals surface area contributed by atoms with Crippen molar-refractivity contribution in [1.29, 1.82) is 0 Å². The zero-order chi connectivity index (χ0) is 26.5. The Balaban J connectivity index is 0.00000137. The fraction of sp³-hybridized carbons (Fsp3) is 0.500. The largest absolute Gasteiger partial charge is 0.464 e. The summed E-state index contributed by atoms with van der Waals surface area (Å²) in [7, 11) is 3.25. The number of rotatable bonds is 9. The fourth-order valence-corrected chi connectivity index (χ4v) is 4.01. The Morgan fingerprint density at radius 1 is 1.20 bits per heavy atom. The summed E-state index contributed by atoms with van der Waals surface area (Å²) in [5, 5.41) is 6.44. The highest BCUT2D eigenvalue weighted by Gasteiger charge is 2.37. The third kappa shape index (κ3) is 6.40. The van der Waals surface area contributed by atoms with Gasteiger partial charge in [-0.1, -0.05) is 40.7 Å². The second kappa shape index (κ2) is 11.7. The van der Waals surface area contributed by atoms with E-state index in [2.05, 4.69) is 36.1 Å². The van der Waals surface area contributed by atoms with Crippen LogP contribution in [0.15, 0.2) is 40.1 Å². The standard InChI is InChI=1S/C26H33FN2O3.C2H6O/c1-8-26(6,7)25(21-12-9-15(4)32-21)29-24-19(13-20(24)31)28-23-18(27)11-10-17(14(2)3)22(23)16(5)30;1-3-2/h9-12,14,25,28-29H,8,13H2,1-7H3;1-2H3/t25-;/m0./s1. The van der Waals surface area contributed by atoms with Crippen LogP contribution in [-0.4, -0.2) is 25.8 Å². The summed E-state index contributed by atoms with van der Waals surface area (Å²) in [5.41, 5.74) is 2.03. The van der Waals surface area contributed by atoms with Crippen molar-refractivity contribution in [3.63, 3.8) is 0 Å². The molecule has 1 atom stereocenters. The molecule has 3 rings (SSSR count). The van der Waals surface area contributed by atoms with Crippen LogP contribution in [0.4, 0.5) is 10.1 Å². The van der Waals surface area contributed by atoms with E-state index in [0.717, 1.165) is 23.5 Å². The summed E-state index contributed by atoms with van der Waals surface area (Å²) in [6, 6.07) is 6.60. The Labute approximate surface area is 208 Å². The number of Topliss-reactive ketones (excluding diaryl/α,β-unsaturated/α-hetero) is 2. The number of hydrogen-bond donors (Lipinski definition) is 2. The molecule has 0 aliphatic heterocycles. The minimum absolute atomic E-state index is 0.0570. The van der Waals surface area contributed by atoms with Gasteiger partial charge in [0.2, 0.25) is 0 Å². The number of ether oxygens (including phenoxy) is 1. The lowest BCUT2D eigenvalue weighted by molar-refractivity contribution is -0.117. The Kier molecular flexibility index (Phi) is 9.44. The van der Waals surface area contributed by atoms with Crippen molar-refractivity contribution in [1.82, 2.24) is 5.32 Å². The first kappa shape index (κ1) is 28.3. The van der Waals surface area contributed by atoms with Gasteiger partial charge in [-0.15, -0.1) is 0 Å². The maximum atomic E-state index is 14.8. The molecule has 0 saturated carbocycles. The summed E-state index contributed by atoms with van der Waals surface area (Å²) in [6.45, 7) is 13.6. The van der Waals surface area contributed by atoms with Gasteiger partial charge in [-0.05, 0) is 55.4 Å². The van der Waals surface area contributed by atoms with E-state index < -0.39 is 5.82 Å². The minimum atomic E-state index is -0.516.